The van der Waals surface area contributed by atoms with Crippen molar-refractivity contribution in [1.29, 1.82) is 0 Å². The third kappa shape index (κ3) is 3.05. The fourth-order valence-corrected chi connectivity index (χ4v) is 4.52. The summed E-state index contributed by atoms with van der Waals surface area (Å²) in [6.45, 7) is 4.31. The van der Waals surface area contributed by atoms with Gasteiger partial charge in [-0.3, -0.25) is 0 Å². The minimum atomic E-state index is -3.41. The highest BCUT2D eigenvalue weighted by Gasteiger charge is 2.32. The lowest BCUT2D eigenvalue weighted by Crippen LogP contribution is -2.43. The van der Waals surface area contributed by atoms with Gasteiger partial charge in [0.2, 0.25) is 10.0 Å². The largest absolute Gasteiger partial charge is 0.389 e. The molecule has 0 amide bonds. The van der Waals surface area contributed by atoms with Gasteiger partial charge in [0.15, 0.2) is 0 Å². The fourth-order valence-electron chi connectivity index (χ4n) is 2.75. The molecule has 1 aliphatic heterocycles. The van der Waals surface area contributed by atoms with Crippen LogP contribution in [-0.2, 0) is 10.0 Å². The van der Waals surface area contributed by atoms with Crippen LogP contribution in [0.2, 0.25) is 0 Å². The maximum Gasteiger partial charge on any atom is 0.243 e. The molecule has 1 heterocycles. The van der Waals surface area contributed by atoms with Crippen molar-refractivity contribution in [3.8, 4) is 0 Å². The van der Waals surface area contributed by atoms with E-state index in [1.165, 1.54) is 0 Å². The summed E-state index contributed by atoms with van der Waals surface area (Å²) in [4.78, 5) is 0.322. The Bertz CT molecular complexity index is 537. The molecule has 1 aromatic carbocycles. The molecule has 112 valence electrons. The number of aliphatic hydroxyl groups is 1. The second kappa shape index (κ2) is 6.24. The summed E-state index contributed by atoms with van der Waals surface area (Å²) in [6, 6.07) is 6.67. The standard InChI is InChI=1S/C15H23NO3S/c1-3-14-6-4-5-11-16(14)20(18,19)15-9-7-13(8-10-15)12(2)17/h7-10,12,14,17H,3-6,11H2,1-2H3. The first kappa shape index (κ1) is 15.5. The van der Waals surface area contributed by atoms with E-state index in [1.807, 2.05) is 6.92 Å². The third-order valence-corrected chi connectivity index (χ3v) is 5.98. The van der Waals surface area contributed by atoms with Crippen molar-refractivity contribution in [3.05, 3.63) is 29.8 Å². The quantitative estimate of drug-likeness (QED) is 0.929. The molecule has 5 heteroatoms. The van der Waals surface area contributed by atoms with E-state index in [0.717, 1.165) is 31.2 Å². The van der Waals surface area contributed by atoms with Gasteiger partial charge in [-0.25, -0.2) is 8.42 Å². The van der Waals surface area contributed by atoms with Crippen LogP contribution in [0.15, 0.2) is 29.2 Å². The Morgan fingerprint density at radius 3 is 2.50 bits per heavy atom. The molecule has 1 N–H and O–H groups in total. The monoisotopic (exact) mass is 297 g/mol. The number of hydrogen-bond acceptors (Lipinski definition) is 3. The molecule has 1 aromatic rings. The van der Waals surface area contributed by atoms with Crippen LogP contribution in [0.3, 0.4) is 0 Å². The molecule has 0 saturated carbocycles. The maximum atomic E-state index is 12.7. The molecule has 1 aliphatic rings. The molecular weight excluding hydrogens is 274 g/mol. The highest BCUT2D eigenvalue weighted by Crippen LogP contribution is 2.27. The van der Waals surface area contributed by atoms with Crippen molar-refractivity contribution in [1.82, 2.24) is 4.31 Å². The topological polar surface area (TPSA) is 57.6 Å². The van der Waals surface area contributed by atoms with Gasteiger partial charge in [-0.2, -0.15) is 4.31 Å². The molecule has 20 heavy (non-hydrogen) atoms. The van der Waals surface area contributed by atoms with Gasteiger partial charge in [0.05, 0.1) is 11.0 Å². The minimum Gasteiger partial charge on any atom is -0.389 e. The zero-order valence-electron chi connectivity index (χ0n) is 12.1. The van der Waals surface area contributed by atoms with E-state index in [2.05, 4.69) is 0 Å². The summed E-state index contributed by atoms with van der Waals surface area (Å²) in [7, 11) is -3.41. The van der Waals surface area contributed by atoms with Gasteiger partial charge in [0, 0.05) is 12.6 Å². The molecule has 0 radical (unpaired) electrons. The average Bonchev–Trinajstić information content (AvgIpc) is 2.47. The fraction of sp³-hybridized carbons (Fsp3) is 0.600. The molecule has 0 bridgehead atoms. The first-order valence-electron chi connectivity index (χ1n) is 7.26. The normalized spacial score (nSPS) is 22.6. The Balaban J connectivity index is 2.29. The van der Waals surface area contributed by atoms with Crippen LogP contribution in [-0.4, -0.2) is 30.4 Å². The smallest absolute Gasteiger partial charge is 0.243 e. The number of hydrogen-bond donors (Lipinski definition) is 1. The van der Waals surface area contributed by atoms with Gasteiger partial charge < -0.3 is 5.11 Å². The number of nitrogens with zero attached hydrogens (tertiary/aromatic N) is 1. The molecule has 2 rings (SSSR count). The number of aliphatic hydroxyl groups excluding tert-OH is 1. The zero-order chi connectivity index (χ0) is 14.8. The molecular formula is C15H23NO3S. The molecule has 2 unspecified atom stereocenters. The van der Waals surface area contributed by atoms with E-state index in [4.69, 9.17) is 0 Å². The minimum absolute atomic E-state index is 0.116. The maximum absolute atomic E-state index is 12.7. The molecule has 0 aromatic heterocycles. The SMILES string of the molecule is CCC1CCCCN1S(=O)(=O)c1ccc(C(C)O)cc1. The van der Waals surface area contributed by atoms with Crippen LogP contribution in [0.25, 0.3) is 0 Å². The molecule has 1 saturated heterocycles. The van der Waals surface area contributed by atoms with Crippen LogP contribution in [0.5, 0.6) is 0 Å². The van der Waals surface area contributed by atoms with Crippen molar-refractivity contribution in [2.24, 2.45) is 0 Å². The van der Waals surface area contributed by atoms with Gasteiger partial charge in [-0.05, 0) is 43.9 Å². The van der Waals surface area contributed by atoms with E-state index in [-0.39, 0.29) is 6.04 Å². The lowest BCUT2D eigenvalue weighted by atomic mass is 10.0. The highest BCUT2D eigenvalue weighted by molar-refractivity contribution is 7.89. The summed E-state index contributed by atoms with van der Waals surface area (Å²) in [5, 5.41) is 9.49. The van der Waals surface area contributed by atoms with Crippen LogP contribution in [0.1, 0.15) is 51.2 Å². The van der Waals surface area contributed by atoms with Gasteiger partial charge >= 0.3 is 0 Å². The molecule has 4 nitrogen and oxygen atoms in total. The summed E-state index contributed by atoms with van der Waals surface area (Å²) < 4.78 is 27.0. The second-order valence-corrected chi connectivity index (χ2v) is 7.31. The lowest BCUT2D eigenvalue weighted by molar-refractivity contribution is 0.199. The van der Waals surface area contributed by atoms with Crippen molar-refractivity contribution in [3.63, 3.8) is 0 Å². The van der Waals surface area contributed by atoms with E-state index >= 15 is 0 Å². The van der Waals surface area contributed by atoms with Crippen LogP contribution < -0.4 is 0 Å². The number of piperidine rings is 1. The first-order valence-corrected chi connectivity index (χ1v) is 8.70. The number of rotatable bonds is 4. The lowest BCUT2D eigenvalue weighted by Gasteiger charge is -2.34. The summed E-state index contributed by atoms with van der Waals surface area (Å²) in [5.41, 5.74) is 0.731. The Morgan fingerprint density at radius 2 is 1.95 bits per heavy atom. The third-order valence-electron chi connectivity index (χ3n) is 4.01. The van der Waals surface area contributed by atoms with Crippen LogP contribution in [0.4, 0.5) is 0 Å². The Kier molecular flexibility index (Phi) is 4.83. The highest BCUT2D eigenvalue weighted by atomic mass is 32.2. The Morgan fingerprint density at radius 1 is 1.30 bits per heavy atom. The zero-order valence-corrected chi connectivity index (χ0v) is 12.9. The van der Waals surface area contributed by atoms with Gasteiger partial charge in [-0.15, -0.1) is 0 Å². The molecule has 0 aliphatic carbocycles. The predicted octanol–water partition coefficient (Wildman–Crippen LogP) is 2.69. The number of sulfonamides is 1. The van der Waals surface area contributed by atoms with Crippen molar-refractivity contribution in [2.45, 2.75) is 56.6 Å². The van der Waals surface area contributed by atoms with E-state index < -0.39 is 16.1 Å². The van der Waals surface area contributed by atoms with Crippen LogP contribution in [0, 0.1) is 0 Å². The van der Waals surface area contributed by atoms with Gasteiger partial charge in [-0.1, -0.05) is 25.5 Å². The van der Waals surface area contributed by atoms with Gasteiger partial charge in [0.1, 0.15) is 0 Å². The Hall–Kier alpha value is -0.910. The number of benzene rings is 1. The molecule has 2 atom stereocenters. The van der Waals surface area contributed by atoms with Crippen molar-refractivity contribution < 1.29 is 13.5 Å². The molecule has 1 fully saturated rings. The average molecular weight is 297 g/mol. The molecule has 0 spiro atoms. The first-order chi connectivity index (χ1) is 9.46. The van der Waals surface area contributed by atoms with E-state index in [9.17, 15) is 13.5 Å². The van der Waals surface area contributed by atoms with Crippen molar-refractivity contribution in [2.75, 3.05) is 6.54 Å². The van der Waals surface area contributed by atoms with Crippen LogP contribution >= 0.6 is 0 Å². The summed E-state index contributed by atoms with van der Waals surface area (Å²) in [5.74, 6) is 0. The summed E-state index contributed by atoms with van der Waals surface area (Å²) in [6.07, 6.45) is 3.25. The predicted molar refractivity (Wildman–Crippen MR) is 78.9 cm³/mol. The second-order valence-electron chi connectivity index (χ2n) is 5.42. The Labute approximate surface area is 121 Å². The summed E-state index contributed by atoms with van der Waals surface area (Å²) >= 11 is 0. The van der Waals surface area contributed by atoms with Gasteiger partial charge in [0.25, 0.3) is 0 Å². The van der Waals surface area contributed by atoms with E-state index in [1.54, 1.807) is 35.5 Å². The van der Waals surface area contributed by atoms with E-state index in [0.29, 0.717) is 11.4 Å². The van der Waals surface area contributed by atoms with Crippen molar-refractivity contribution >= 4 is 10.0 Å².